The molecule has 0 aliphatic carbocycles. The maximum atomic E-state index is 5.62. The molecule has 1 unspecified atom stereocenters. The Morgan fingerprint density at radius 3 is 3.00 bits per heavy atom. The van der Waals surface area contributed by atoms with E-state index < -0.39 is 0 Å². The maximum Gasteiger partial charge on any atom is 0.349 e. The van der Waals surface area contributed by atoms with Gasteiger partial charge < -0.3 is 21.7 Å². The van der Waals surface area contributed by atoms with E-state index in [-0.39, 0.29) is 23.2 Å². The summed E-state index contributed by atoms with van der Waals surface area (Å²) in [6.07, 6.45) is 2.91. The molecule has 0 bridgehead atoms. The second-order valence-electron chi connectivity index (χ2n) is 2.81. The second-order valence-corrected chi connectivity index (χ2v) is 2.81. The number of fused-ring (bicyclic) bond motifs is 1. The molecule has 1 aromatic heterocycles. The van der Waals surface area contributed by atoms with Crippen molar-refractivity contribution < 1.29 is 26.7 Å². The normalized spacial score (nSPS) is 18.2. The minimum Gasteiger partial charge on any atom is -1.00 e. The van der Waals surface area contributed by atoms with Crippen molar-refractivity contribution in [1.82, 2.24) is 9.97 Å². The Morgan fingerprint density at radius 1 is 1.53 bits per heavy atom. The summed E-state index contributed by atoms with van der Waals surface area (Å²) in [6.45, 7) is 2.50. The van der Waals surface area contributed by atoms with Crippen molar-refractivity contribution in [2.24, 2.45) is 5.73 Å². The fraction of sp³-hybridized carbons (Fsp3) is 0.375. The van der Waals surface area contributed by atoms with Gasteiger partial charge in [-0.15, -0.1) is 0 Å². The Balaban J connectivity index is 0.00000112. The lowest BCUT2D eigenvalue weighted by molar-refractivity contribution is -0.573. The quantitative estimate of drug-likeness (QED) is 0.505. The van der Waals surface area contributed by atoms with Gasteiger partial charge in [0.25, 0.3) is 0 Å². The van der Waals surface area contributed by atoms with Crippen molar-refractivity contribution in [1.29, 1.82) is 0 Å². The molecular weight excluding hydrogens is 262 g/mol. The van der Waals surface area contributed by atoms with Crippen molar-refractivity contribution >= 4 is 11.8 Å². The molecule has 0 spiro atoms. The third kappa shape index (κ3) is 2.42. The summed E-state index contributed by atoms with van der Waals surface area (Å²) in [6, 6.07) is 0. The van der Waals surface area contributed by atoms with Crippen LogP contribution in [0.3, 0.4) is 0 Å². The van der Waals surface area contributed by atoms with Gasteiger partial charge in [0.05, 0.1) is 0 Å². The van der Waals surface area contributed by atoms with Crippen molar-refractivity contribution in [3.05, 3.63) is 18.1 Å². The molecule has 15 heavy (non-hydrogen) atoms. The monoisotopic (exact) mass is 273 g/mol. The molecule has 7 heteroatoms. The molecule has 0 amide bonds. The van der Waals surface area contributed by atoms with E-state index in [1.54, 1.807) is 12.4 Å². The molecule has 1 aromatic rings. The highest BCUT2D eigenvalue weighted by atomic mass is 79.9. The minimum atomic E-state index is -0.315. The first kappa shape index (κ1) is 11.9. The Bertz CT molecular complexity index is 370. The Kier molecular flexibility index (Phi) is 3.98. The second kappa shape index (κ2) is 5.04. The topological polar surface area (TPSA) is 87.0 Å². The fourth-order valence-electron chi connectivity index (χ4n) is 1.30. The van der Waals surface area contributed by atoms with E-state index in [9.17, 15) is 0 Å². The average molecular weight is 274 g/mol. The largest absolute Gasteiger partial charge is 1.00 e. The molecule has 6 nitrogen and oxygen atoms in total. The zero-order valence-corrected chi connectivity index (χ0v) is 9.78. The van der Waals surface area contributed by atoms with Crippen molar-refractivity contribution in [3.63, 3.8) is 0 Å². The smallest absolute Gasteiger partial charge is 0.349 e. The summed E-state index contributed by atoms with van der Waals surface area (Å²) >= 11 is 0. The maximum absolute atomic E-state index is 5.62. The number of hydrogen-bond acceptors (Lipinski definition) is 5. The molecule has 1 aliphatic rings. The van der Waals surface area contributed by atoms with Gasteiger partial charge in [-0.1, -0.05) is 0 Å². The number of anilines is 1. The van der Waals surface area contributed by atoms with Crippen LogP contribution in [0.25, 0.3) is 0 Å². The number of nitrogens with one attached hydrogen (secondary N) is 2. The fourth-order valence-corrected chi connectivity index (χ4v) is 1.30. The van der Waals surface area contributed by atoms with Crippen LogP contribution < -0.4 is 33.0 Å². The molecule has 0 saturated carbocycles. The predicted octanol–water partition coefficient (Wildman–Crippen LogP) is -4.66. The summed E-state index contributed by atoms with van der Waals surface area (Å²) in [5.74, 6) is 1.07. The molecule has 4 N–H and O–H groups in total. The van der Waals surface area contributed by atoms with Crippen LogP contribution in [0.2, 0.25) is 0 Å². The van der Waals surface area contributed by atoms with E-state index in [1.165, 1.54) is 0 Å². The van der Waals surface area contributed by atoms with Gasteiger partial charge in [-0.05, 0) is 6.92 Å². The summed E-state index contributed by atoms with van der Waals surface area (Å²) in [4.78, 5) is 11.2. The van der Waals surface area contributed by atoms with Gasteiger partial charge in [-0.3, -0.25) is 5.73 Å². The van der Waals surface area contributed by atoms with E-state index >= 15 is 0 Å². The van der Waals surface area contributed by atoms with E-state index in [1.807, 2.05) is 6.92 Å². The Hall–Kier alpha value is -1.21. The van der Waals surface area contributed by atoms with Crippen LogP contribution in [0.4, 0.5) is 5.82 Å². The number of nitrogens with two attached hydrogens (primary N) is 1. The zero-order valence-electron chi connectivity index (χ0n) is 8.20. The van der Waals surface area contributed by atoms with E-state index in [2.05, 4.69) is 20.3 Å². The number of guanidine groups is 1. The molecule has 0 saturated heterocycles. The molecule has 2 rings (SSSR count). The summed E-state index contributed by atoms with van der Waals surface area (Å²) in [7, 11) is 0. The van der Waals surface area contributed by atoms with Crippen LogP contribution in [0.15, 0.2) is 12.4 Å². The average Bonchev–Trinajstić information content (AvgIpc) is 2.18. The molecular formula is C8H12BrN5O. The Morgan fingerprint density at radius 2 is 2.27 bits per heavy atom. The van der Waals surface area contributed by atoms with Gasteiger partial charge in [0.1, 0.15) is 0 Å². The Labute approximate surface area is 97.7 Å². The van der Waals surface area contributed by atoms with Crippen LogP contribution in [0.5, 0.6) is 0 Å². The predicted molar refractivity (Wildman–Crippen MR) is 50.2 cm³/mol. The molecule has 2 heterocycles. The molecule has 0 fully saturated rings. The first-order valence-electron chi connectivity index (χ1n) is 4.39. The van der Waals surface area contributed by atoms with Gasteiger partial charge in [0.2, 0.25) is 12.0 Å². The van der Waals surface area contributed by atoms with Gasteiger partial charge >= 0.3 is 5.96 Å². The summed E-state index contributed by atoms with van der Waals surface area (Å²) < 4.78 is 5.43. The lowest BCUT2D eigenvalue weighted by Gasteiger charge is -2.16. The number of rotatable bonds is 2. The molecule has 1 aliphatic heterocycles. The van der Waals surface area contributed by atoms with Crippen LogP contribution in [0.1, 0.15) is 18.8 Å². The van der Waals surface area contributed by atoms with Crippen molar-refractivity contribution in [2.75, 3.05) is 11.9 Å². The third-order valence-corrected chi connectivity index (χ3v) is 1.85. The van der Waals surface area contributed by atoms with Crippen LogP contribution in [-0.4, -0.2) is 22.5 Å². The van der Waals surface area contributed by atoms with Gasteiger partial charge in [0, 0.05) is 19.0 Å². The highest BCUT2D eigenvalue weighted by Gasteiger charge is 2.26. The highest BCUT2D eigenvalue weighted by molar-refractivity contribution is 5.88. The van der Waals surface area contributed by atoms with Crippen molar-refractivity contribution in [2.45, 2.75) is 13.2 Å². The first-order valence-corrected chi connectivity index (χ1v) is 4.39. The molecule has 0 aromatic carbocycles. The number of halogens is 1. The molecule has 82 valence electrons. The van der Waals surface area contributed by atoms with E-state index in [0.717, 1.165) is 5.69 Å². The van der Waals surface area contributed by atoms with Gasteiger partial charge in [-0.25, -0.2) is 20.3 Å². The lowest BCUT2D eigenvalue weighted by Crippen LogP contribution is -3.00. The lowest BCUT2D eigenvalue weighted by atomic mass is 10.3. The number of ether oxygens (including phenoxy) is 1. The molecule has 0 radical (unpaired) electrons. The standard InChI is InChI=1S/C8H11N5O.BrH/c1-2-14-7-5-6(11-4-3-10-5)12-8(9)13-7;/h3-4,7H,2H2,1H3,(H3,9,11,12,13);1H. The minimum absolute atomic E-state index is 0. The molecule has 1 atom stereocenters. The highest BCUT2D eigenvalue weighted by Crippen LogP contribution is 2.16. The van der Waals surface area contributed by atoms with Crippen LogP contribution in [-0.2, 0) is 4.74 Å². The number of aromatic nitrogens is 2. The van der Waals surface area contributed by atoms with Crippen LogP contribution in [0, 0.1) is 0 Å². The first-order chi connectivity index (χ1) is 6.81. The number of hydrogen-bond donors (Lipinski definition) is 3. The number of nitrogens with zero attached hydrogens (tertiary/aromatic N) is 2. The van der Waals surface area contributed by atoms with E-state index in [0.29, 0.717) is 18.4 Å². The SMILES string of the molecule is CCOC1[NH+]=C(N)Nc2nccnc21.[Br-]. The van der Waals surface area contributed by atoms with Crippen LogP contribution >= 0.6 is 0 Å². The summed E-state index contributed by atoms with van der Waals surface area (Å²) in [5, 5.41) is 2.88. The zero-order chi connectivity index (χ0) is 9.97. The van der Waals surface area contributed by atoms with Gasteiger partial charge in [0.15, 0.2) is 5.69 Å². The van der Waals surface area contributed by atoms with Gasteiger partial charge in [-0.2, -0.15) is 0 Å². The third-order valence-electron chi connectivity index (χ3n) is 1.85. The van der Waals surface area contributed by atoms with E-state index in [4.69, 9.17) is 10.5 Å². The van der Waals surface area contributed by atoms with Crippen molar-refractivity contribution in [3.8, 4) is 0 Å². The summed E-state index contributed by atoms with van der Waals surface area (Å²) in [5.41, 5.74) is 6.34.